The molecule has 1 aliphatic rings. The molecule has 6 nitrogen and oxygen atoms in total. The molecule has 1 aliphatic heterocycles. The zero-order valence-electron chi connectivity index (χ0n) is 10.7. The predicted octanol–water partition coefficient (Wildman–Crippen LogP) is -0.447. The van der Waals surface area contributed by atoms with Crippen LogP contribution in [-0.2, 0) is 19.1 Å². The minimum atomic E-state index is -0.541. The van der Waals surface area contributed by atoms with Crippen LogP contribution in [0.4, 0.5) is 0 Å². The van der Waals surface area contributed by atoms with Crippen molar-refractivity contribution >= 4 is 11.9 Å². The van der Waals surface area contributed by atoms with Crippen molar-refractivity contribution in [1.29, 1.82) is 0 Å². The zero-order chi connectivity index (χ0) is 13.4. The van der Waals surface area contributed by atoms with Gasteiger partial charge in [-0.3, -0.25) is 9.59 Å². The van der Waals surface area contributed by atoms with Crippen LogP contribution in [0.2, 0.25) is 0 Å². The van der Waals surface area contributed by atoms with Crippen LogP contribution in [0, 0.1) is 0 Å². The molecule has 1 rings (SSSR count). The number of likely N-dealkylation sites (N-methyl/N-ethyl adjacent to an activating group) is 1. The summed E-state index contributed by atoms with van der Waals surface area (Å²) in [7, 11) is 1.66. The summed E-state index contributed by atoms with van der Waals surface area (Å²) >= 11 is 0. The summed E-state index contributed by atoms with van der Waals surface area (Å²) in [6, 6.07) is -0.541. The monoisotopic (exact) mass is 256 g/mol. The SMILES string of the molecule is C=CCOC(=O)C[C@H](NC)C(=O)N1CCOCC1. The quantitative estimate of drug-likeness (QED) is 0.515. The number of carbonyl (C=O) groups is 2. The van der Waals surface area contributed by atoms with Gasteiger partial charge in [-0.2, -0.15) is 0 Å². The lowest BCUT2D eigenvalue weighted by Crippen LogP contribution is -2.50. The Morgan fingerprint density at radius 1 is 1.50 bits per heavy atom. The Bertz CT molecular complexity index is 300. The molecule has 102 valence electrons. The van der Waals surface area contributed by atoms with E-state index >= 15 is 0 Å². The second-order valence-corrected chi connectivity index (χ2v) is 3.95. The third-order valence-corrected chi connectivity index (χ3v) is 2.70. The van der Waals surface area contributed by atoms with Gasteiger partial charge in [0.15, 0.2) is 0 Å². The van der Waals surface area contributed by atoms with E-state index in [1.54, 1.807) is 11.9 Å². The fourth-order valence-corrected chi connectivity index (χ4v) is 1.69. The van der Waals surface area contributed by atoms with E-state index in [1.807, 2.05) is 0 Å². The minimum Gasteiger partial charge on any atom is -0.461 e. The molecule has 0 aromatic carbocycles. The molecule has 0 aliphatic carbocycles. The number of esters is 1. The number of carbonyl (C=O) groups excluding carboxylic acids is 2. The Morgan fingerprint density at radius 2 is 2.17 bits per heavy atom. The molecule has 0 radical (unpaired) electrons. The third-order valence-electron chi connectivity index (χ3n) is 2.70. The van der Waals surface area contributed by atoms with E-state index in [2.05, 4.69) is 11.9 Å². The number of amides is 1. The van der Waals surface area contributed by atoms with Crippen molar-refractivity contribution in [2.45, 2.75) is 12.5 Å². The lowest BCUT2D eigenvalue weighted by molar-refractivity contribution is -0.147. The Balaban J connectivity index is 2.45. The standard InChI is InChI=1S/C12H20N2O4/c1-3-6-18-11(15)9-10(13-2)12(16)14-4-7-17-8-5-14/h3,10,13H,1,4-9H2,2H3/t10-/m0/s1. The summed E-state index contributed by atoms with van der Waals surface area (Å²) in [5, 5.41) is 2.85. The smallest absolute Gasteiger partial charge is 0.308 e. The molecular weight excluding hydrogens is 236 g/mol. The minimum absolute atomic E-state index is 0.0283. The number of nitrogens with one attached hydrogen (secondary N) is 1. The first-order valence-electron chi connectivity index (χ1n) is 5.99. The van der Waals surface area contributed by atoms with Crippen LogP contribution in [0.25, 0.3) is 0 Å². The molecule has 0 bridgehead atoms. The fourth-order valence-electron chi connectivity index (χ4n) is 1.69. The number of nitrogens with zero attached hydrogens (tertiary/aromatic N) is 1. The Kier molecular flexibility index (Phi) is 6.38. The normalized spacial score (nSPS) is 17.1. The lowest BCUT2D eigenvalue weighted by Gasteiger charge is -2.30. The van der Waals surface area contributed by atoms with Gasteiger partial charge in [0, 0.05) is 13.1 Å². The van der Waals surface area contributed by atoms with E-state index in [0.29, 0.717) is 26.3 Å². The number of morpholine rings is 1. The van der Waals surface area contributed by atoms with E-state index in [4.69, 9.17) is 9.47 Å². The molecule has 18 heavy (non-hydrogen) atoms. The van der Waals surface area contributed by atoms with E-state index in [0.717, 1.165) is 0 Å². The van der Waals surface area contributed by atoms with Gasteiger partial charge in [0.1, 0.15) is 6.61 Å². The van der Waals surface area contributed by atoms with Crippen LogP contribution in [-0.4, -0.2) is 62.8 Å². The van der Waals surface area contributed by atoms with E-state index < -0.39 is 12.0 Å². The Hall–Kier alpha value is -1.40. The average molecular weight is 256 g/mol. The van der Waals surface area contributed by atoms with Crippen LogP contribution in [0.1, 0.15) is 6.42 Å². The fraction of sp³-hybridized carbons (Fsp3) is 0.667. The summed E-state index contributed by atoms with van der Waals surface area (Å²) in [6.07, 6.45) is 1.52. The number of hydrogen-bond donors (Lipinski definition) is 1. The van der Waals surface area contributed by atoms with Crippen molar-refractivity contribution < 1.29 is 19.1 Å². The molecule has 0 aromatic rings. The molecule has 1 fully saturated rings. The highest BCUT2D eigenvalue weighted by Crippen LogP contribution is 2.04. The molecule has 0 saturated carbocycles. The number of hydrogen-bond acceptors (Lipinski definition) is 5. The van der Waals surface area contributed by atoms with Crippen molar-refractivity contribution in [1.82, 2.24) is 10.2 Å². The Morgan fingerprint density at radius 3 is 2.72 bits per heavy atom. The molecule has 0 unspecified atom stereocenters. The van der Waals surface area contributed by atoms with Gasteiger partial charge < -0.3 is 19.7 Å². The predicted molar refractivity (Wildman–Crippen MR) is 66.0 cm³/mol. The van der Waals surface area contributed by atoms with Crippen LogP contribution >= 0.6 is 0 Å². The van der Waals surface area contributed by atoms with Crippen LogP contribution in [0.5, 0.6) is 0 Å². The van der Waals surface area contributed by atoms with Gasteiger partial charge in [0.05, 0.1) is 25.7 Å². The Labute approximate surface area is 107 Å². The van der Waals surface area contributed by atoms with Gasteiger partial charge in [0.2, 0.25) is 5.91 Å². The zero-order valence-corrected chi connectivity index (χ0v) is 10.7. The van der Waals surface area contributed by atoms with Crippen LogP contribution in [0.15, 0.2) is 12.7 Å². The highest BCUT2D eigenvalue weighted by atomic mass is 16.5. The molecule has 0 spiro atoms. The highest BCUT2D eigenvalue weighted by molar-refractivity contribution is 5.86. The van der Waals surface area contributed by atoms with Crippen molar-refractivity contribution in [2.75, 3.05) is 40.0 Å². The highest BCUT2D eigenvalue weighted by Gasteiger charge is 2.26. The maximum absolute atomic E-state index is 12.1. The van der Waals surface area contributed by atoms with Gasteiger partial charge >= 0.3 is 5.97 Å². The van der Waals surface area contributed by atoms with Crippen LogP contribution in [0.3, 0.4) is 0 Å². The molecule has 1 atom stereocenters. The second kappa shape index (κ2) is 7.84. The number of ether oxygens (including phenoxy) is 2. The first-order chi connectivity index (χ1) is 8.69. The molecule has 0 aromatic heterocycles. The summed E-state index contributed by atoms with van der Waals surface area (Å²) in [5.41, 5.74) is 0. The van der Waals surface area contributed by atoms with Gasteiger partial charge in [-0.25, -0.2) is 0 Å². The van der Waals surface area contributed by atoms with Crippen molar-refractivity contribution in [3.63, 3.8) is 0 Å². The van der Waals surface area contributed by atoms with Gasteiger partial charge in [-0.05, 0) is 7.05 Å². The van der Waals surface area contributed by atoms with Gasteiger partial charge in [-0.15, -0.1) is 0 Å². The van der Waals surface area contributed by atoms with Crippen molar-refractivity contribution in [3.05, 3.63) is 12.7 Å². The van der Waals surface area contributed by atoms with E-state index in [-0.39, 0.29) is 18.9 Å². The maximum atomic E-state index is 12.1. The van der Waals surface area contributed by atoms with Crippen LogP contribution < -0.4 is 5.32 Å². The molecule has 1 amide bonds. The molecule has 6 heteroatoms. The van der Waals surface area contributed by atoms with Gasteiger partial charge in [-0.1, -0.05) is 12.7 Å². The summed E-state index contributed by atoms with van der Waals surface area (Å²) in [6.45, 7) is 5.85. The largest absolute Gasteiger partial charge is 0.461 e. The average Bonchev–Trinajstić information content (AvgIpc) is 2.42. The molecular formula is C12H20N2O4. The molecule has 1 heterocycles. The number of rotatable bonds is 6. The second-order valence-electron chi connectivity index (χ2n) is 3.95. The van der Waals surface area contributed by atoms with Gasteiger partial charge in [0.25, 0.3) is 0 Å². The van der Waals surface area contributed by atoms with Crippen molar-refractivity contribution in [2.24, 2.45) is 0 Å². The third kappa shape index (κ3) is 4.46. The summed E-state index contributed by atoms with van der Waals surface area (Å²) in [5.74, 6) is -0.493. The molecule has 1 N–H and O–H groups in total. The molecule has 1 saturated heterocycles. The maximum Gasteiger partial charge on any atom is 0.308 e. The summed E-state index contributed by atoms with van der Waals surface area (Å²) < 4.78 is 10.0. The van der Waals surface area contributed by atoms with E-state index in [1.165, 1.54) is 6.08 Å². The first kappa shape index (κ1) is 14.7. The topological polar surface area (TPSA) is 67.9 Å². The van der Waals surface area contributed by atoms with E-state index in [9.17, 15) is 9.59 Å². The summed E-state index contributed by atoms with van der Waals surface area (Å²) in [4.78, 5) is 25.3. The first-order valence-corrected chi connectivity index (χ1v) is 5.99. The van der Waals surface area contributed by atoms with Crippen molar-refractivity contribution in [3.8, 4) is 0 Å². The lowest BCUT2D eigenvalue weighted by atomic mass is 10.1.